The summed E-state index contributed by atoms with van der Waals surface area (Å²) in [6, 6.07) is 4.27. The molecule has 1 aromatic heterocycles. The third-order valence-electron chi connectivity index (χ3n) is 2.94. The highest BCUT2D eigenvalue weighted by Crippen LogP contribution is 2.34. The van der Waals surface area contributed by atoms with Gasteiger partial charge in [0, 0.05) is 22.6 Å². The van der Waals surface area contributed by atoms with Gasteiger partial charge in [0.1, 0.15) is 5.69 Å². The molecule has 1 aromatic carbocycles. The molecule has 0 amide bonds. The van der Waals surface area contributed by atoms with E-state index in [-0.39, 0.29) is 5.52 Å². The molecular weight excluding hydrogens is 289 g/mol. The highest BCUT2D eigenvalue weighted by atomic mass is 35.5. The zero-order valence-electron chi connectivity index (χ0n) is 11.1. The van der Waals surface area contributed by atoms with Crippen molar-refractivity contribution in [2.24, 2.45) is 0 Å². The topological polar surface area (TPSA) is 24.9 Å². The van der Waals surface area contributed by atoms with Crippen molar-refractivity contribution in [1.82, 2.24) is 4.98 Å². The molecule has 108 valence electrons. The first-order valence-electron chi connectivity index (χ1n) is 6.25. The van der Waals surface area contributed by atoms with E-state index >= 15 is 0 Å². The van der Waals surface area contributed by atoms with Gasteiger partial charge in [0.2, 0.25) is 0 Å². The van der Waals surface area contributed by atoms with Gasteiger partial charge in [-0.05, 0) is 37.1 Å². The highest BCUT2D eigenvalue weighted by Gasteiger charge is 2.33. The van der Waals surface area contributed by atoms with Crippen LogP contribution in [0, 0.1) is 6.92 Å². The average Bonchev–Trinajstić information content (AvgIpc) is 2.36. The minimum Gasteiger partial charge on any atom is -0.384 e. The molecule has 2 aromatic rings. The molecule has 0 spiro atoms. The number of pyridine rings is 1. The van der Waals surface area contributed by atoms with Crippen LogP contribution in [-0.4, -0.2) is 11.5 Å². The van der Waals surface area contributed by atoms with Crippen LogP contribution in [0.15, 0.2) is 18.2 Å². The Labute approximate surface area is 120 Å². The molecule has 2 nitrogen and oxygen atoms in total. The number of aromatic nitrogens is 1. The molecule has 0 saturated carbocycles. The molecule has 0 fully saturated rings. The average molecular weight is 303 g/mol. The van der Waals surface area contributed by atoms with Gasteiger partial charge in [-0.1, -0.05) is 18.5 Å². The van der Waals surface area contributed by atoms with Gasteiger partial charge in [-0.15, -0.1) is 0 Å². The maximum absolute atomic E-state index is 12.9. The standard InChI is InChI=1S/C14H14ClF3N2/c1-3-4-19-11-7-13(14(16,17)18)20-12-6-10(15)8(2)5-9(11)12/h5-7H,3-4H2,1-2H3,(H,19,20). The van der Waals surface area contributed by atoms with Crippen molar-refractivity contribution in [3.8, 4) is 0 Å². The van der Waals surface area contributed by atoms with Crippen LogP contribution in [0.25, 0.3) is 10.9 Å². The number of aryl methyl sites for hydroxylation is 1. The van der Waals surface area contributed by atoms with E-state index in [1.165, 1.54) is 6.07 Å². The summed E-state index contributed by atoms with van der Waals surface area (Å²) in [5, 5.41) is 4.07. The lowest BCUT2D eigenvalue weighted by Gasteiger charge is -2.14. The highest BCUT2D eigenvalue weighted by molar-refractivity contribution is 6.32. The molecule has 0 aliphatic carbocycles. The Kier molecular flexibility index (Phi) is 4.09. The number of hydrogen-bond acceptors (Lipinski definition) is 2. The Morgan fingerprint density at radius 1 is 1.25 bits per heavy atom. The third kappa shape index (κ3) is 2.98. The van der Waals surface area contributed by atoms with Gasteiger partial charge in [0.05, 0.1) is 5.52 Å². The van der Waals surface area contributed by atoms with E-state index in [0.29, 0.717) is 22.6 Å². The summed E-state index contributed by atoms with van der Waals surface area (Å²) in [7, 11) is 0. The van der Waals surface area contributed by atoms with Crippen molar-refractivity contribution < 1.29 is 13.2 Å². The molecule has 0 atom stereocenters. The van der Waals surface area contributed by atoms with Crippen molar-refractivity contribution in [3.63, 3.8) is 0 Å². The van der Waals surface area contributed by atoms with Crippen LogP contribution in [0.1, 0.15) is 24.6 Å². The fourth-order valence-electron chi connectivity index (χ4n) is 1.91. The molecule has 2 rings (SSSR count). The minimum atomic E-state index is -4.48. The summed E-state index contributed by atoms with van der Waals surface area (Å²) in [6.45, 7) is 4.35. The van der Waals surface area contributed by atoms with Crippen molar-refractivity contribution in [2.45, 2.75) is 26.4 Å². The third-order valence-corrected chi connectivity index (χ3v) is 3.35. The summed E-state index contributed by atoms with van der Waals surface area (Å²) in [5.41, 5.74) is 0.571. The van der Waals surface area contributed by atoms with E-state index < -0.39 is 11.9 Å². The van der Waals surface area contributed by atoms with E-state index in [9.17, 15) is 13.2 Å². The fraction of sp³-hybridized carbons (Fsp3) is 0.357. The second-order valence-electron chi connectivity index (χ2n) is 4.60. The Hall–Kier alpha value is -1.49. The number of hydrogen-bond donors (Lipinski definition) is 1. The van der Waals surface area contributed by atoms with Crippen molar-refractivity contribution in [3.05, 3.63) is 34.5 Å². The van der Waals surface area contributed by atoms with Crippen LogP contribution in [-0.2, 0) is 6.18 Å². The number of nitrogens with one attached hydrogen (secondary N) is 1. The molecule has 20 heavy (non-hydrogen) atoms. The van der Waals surface area contributed by atoms with Crippen LogP contribution in [0.4, 0.5) is 18.9 Å². The fourth-order valence-corrected chi connectivity index (χ4v) is 2.06. The van der Waals surface area contributed by atoms with Crippen LogP contribution < -0.4 is 5.32 Å². The molecular formula is C14H14ClF3N2. The van der Waals surface area contributed by atoms with Crippen LogP contribution in [0.2, 0.25) is 5.02 Å². The largest absolute Gasteiger partial charge is 0.433 e. The van der Waals surface area contributed by atoms with Gasteiger partial charge < -0.3 is 5.32 Å². The lowest BCUT2D eigenvalue weighted by molar-refractivity contribution is -0.140. The van der Waals surface area contributed by atoms with Crippen molar-refractivity contribution in [1.29, 1.82) is 0 Å². The number of rotatable bonds is 3. The van der Waals surface area contributed by atoms with Gasteiger partial charge in [-0.2, -0.15) is 13.2 Å². The summed E-state index contributed by atoms with van der Waals surface area (Å²) in [5.74, 6) is 0. The molecule has 1 N–H and O–H groups in total. The predicted molar refractivity (Wildman–Crippen MR) is 75.3 cm³/mol. The molecule has 0 aliphatic rings. The van der Waals surface area contributed by atoms with Gasteiger partial charge in [-0.3, -0.25) is 0 Å². The first-order valence-corrected chi connectivity index (χ1v) is 6.62. The first kappa shape index (κ1) is 14.9. The number of alkyl halides is 3. The maximum atomic E-state index is 12.9. The van der Waals surface area contributed by atoms with Crippen LogP contribution in [0.5, 0.6) is 0 Å². The molecule has 6 heteroatoms. The second-order valence-corrected chi connectivity index (χ2v) is 5.01. The Morgan fingerprint density at radius 3 is 2.55 bits per heavy atom. The van der Waals surface area contributed by atoms with Crippen molar-refractivity contribution >= 4 is 28.2 Å². The summed E-state index contributed by atoms with van der Waals surface area (Å²) in [6.07, 6.45) is -3.66. The van der Waals surface area contributed by atoms with Gasteiger partial charge in [0.25, 0.3) is 0 Å². The van der Waals surface area contributed by atoms with E-state index in [2.05, 4.69) is 10.3 Å². The summed E-state index contributed by atoms with van der Waals surface area (Å²) in [4.78, 5) is 3.67. The van der Waals surface area contributed by atoms with E-state index in [1.54, 1.807) is 6.07 Å². The second kappa shape index (κ2) is 5.48. The van der Waals surface area contributed by atoms with Crippen LogP contribution in [0.3, 0.4) is 0 Å². The van der Waals surface area contributed by atoms with E-state index in [4.69, 9.17) is 11.6 Å². The lowest BCUT2D eigenvalue weighted by Crippen LogP contribution is -2.10. The zero-order valence-corrected chi connectivity index (χ0v) is 11.9. The normalized spacial score (nSPS) is 11.9. The monoisotopic (exact) mass is 302 g/mol. The van der Waals surface area contributed by atoms with E-state index in [1.807, 2.05) is 13.8 Å². The molecule has 0 radical (unpaired) electrons. The molecule has 1 heterocycles. The lowest BCUT2D eigenvalue weighted by atomic mass is 10.1. The predicted octanol–water partition coefficient (Wildman–Crippen LogP) is 5.04. The zero-order chi connectivity index (χ0) is 14.9. The molecule has 0 saturated heterocycles. The smallest absolute Gasteiger partial charge is 0.384 e. The number of fused-ring (bicyclic) bond motifs is 1. The number of benzene rings is 1. The number of halogens is 4. The minimum absolute atomic E-state index is 0.244. The Balaban J connectivity index is 2.68. The van der Waals surface area contributed by atoms with E-state index in [0.717, 1.165) is 18.1 Å². The molecule has 0 unspecified atom stereocenters. The molecule has 0 bridgehead atoms. The van der Waals surface area contributed by atoms with Crippen LogP contribution >= 0.6 is 11.6 Å². The SMILES string of the molecule is CCCNc1cc(C(F)(F)F)nc2cc(Cl)c(C)cc12. The quantitative estimate of drug-likeness (QED) is 0.859. The first-order chi connectivity index (χ1) is 9.32. The Morgan fingerprint density at radius 2 is 1.95 bits per heavy atom. The number of anilines is 1. The Bertz CT molecular complexity index is 638. The maximum Gasteiger partial charge on any atom is 0.433 e. The molecule has 0 aliphatic heterocycles. The summed E-state index contributed by atoms with van der Waals surface area (Å²) < 4.78 is 38.6. The van der Waals surface area contributed by atoms with Gasteiger partial charge in [0.15, 0.2) is 0 Å². The van der Waals surface area contributed by atoms with Gasteiger partial charge in [-0.25, -0.2) is 4.98 Å². The van der Waals surface area contributed by atoms with Gasteiger partial charge >= 0.3 is 6.18 Å². The summed E-state index contributed by atoms with van der Waals surface area (Å²) >= 11 is 5.97. The number of nitrogens with zero attached hydrogens (tertiary/aromatic N) is 1. The van der Waals surface area contributed by atoms with Crippen molar-refractivity contribution in [2.75, 3.05) is 11.9 Å².